The number of hydrazine groups is 1. The van der Waals surface area contributed by atoms with Crippen LogP contribution in [-0.2, 0) is 17.8 Å². The van der Waals surface area contributed by atoms with Crippen LogP contribution < -0.4 is 5.43 Å². The Hall–Kier alpha value is -1.99. The van der Waals surface area contributed by atoms with Crippen LogP contribution in [0, 0.1) is 3.57 Å². The monoisotopic (exact) mass is 508 g/mol. The summed E-state index contributed by atoms with van der Waals surface area (Å²) in [5, 5.41) is 22.3. The number of hydrogen-bond donors (Lipinski definition) is 4. The van der Waals surface area contributed by atoms with E-state index in [0.29, 0.717) is 13.1 Å². The molecule has 0 amide bonds. The highest BCUT2D eigenvalue weighted by Crippen LogP contribution is 2.38. The molecule has 2 aromatic heterocycles. The highest BCUT2D eigenvalue weighted by molar-refractivity contribution is 14.1. The maximum atomic E-state index is 10.3. The van der Waals surface area contributed by atoms with Crippen LogP contribution in [0.15, 0.2) is 35.5 Å². The van der Waals surface area contributed by atoms with Gasteiger partial charge < -0.3 is 24.5 Å². The summed E-state index contributed by atoms with van der Waals surface area (Å²) in [4.78, 5) is 12.4. The van der Waals surface area contributed by atoms with Crippen LogP contribution in [0.3, 0.4) is 0 Å². The number of aromatic amines is 1. The number of H-pyrrole nitrogens is 1. The molecule has 0 unspecified atom stereocenters. The number of halogens is 1. The van der Waals surface area contributed by atoms with Gasteiger partial charge in [0.15, 0.2) is 6.23 Å². The topological polar surface area (TPSA) is 111 Å². The largest absolute Gasteiger partial charge is 0.388 e. The van der Waals surface area contributed by atoms with Crippen molar-refractivity contribution in [1.82, 2.24) is 25.0 Å². The lowest BCUT2D eigenvalue weighted by atomic mass is 10.1. The van der Waals surface area contributed by atoms with Crippen molar-refractivity contribution in [1.29, 1.82) is 0 Å². The first kappa shape index (κ1) is 19.0. The number of nitrogens with one attached hydrogen (secondary N) is 2. The Morgan fingerprint density at radius 1 is 1.31 bits per heavy atom. The minimum absolute atomic E-state index is 0.430. The molecular formula is C19H21IN6O3. The molecule has 4 heterocycles. The van der Waals surface area contributed by atoms with Gasteiger partial charge in [0.1, 0.15) is 30.2 Å². The van der Waals surface area contributed by atoms with E-state index in [-0.39, 0.29) is 0 Å². The molecule has 1 aromatic carbocycles. The van der Waals surface area contributed by atoms with Crippen molar-refractivity contribution in [2.45, 2.75) is 44.6 Å². The van der Waals surface area contributed by atoms with Gasteiger partial charge in [-0.1, -0.05) is 12.1 Å². The van der Waals surface area contributed by atoms with Gasteiger partial charge in [0, 0.05) is 15.3 Å². The van der Waals surface area contributed by atoms with Crippen LogP contribution in [0.4, 0.5) is 5.82 Å². The molecule has 29 heavy (non-hydrogen) atoms. The molecule has 9 nitrogen and oxygen atoms in total. The molecule has 4 N–H and O–H groups in total. The minimum Gasteiger partial charge on any atom is -0.388 e. The van der Waals surface area contributed by atoms with Crippen LogP contribution in [0.5, 0.6) is 0 Å². The zero-order valence-electron chi connectivity index (χ0n) is 15.7. The number of imidazole rings is 1. The van der Waals surface area contributed by atoms with E-state index in [0.717, 1.165) is 31.8 Å². The average molecular weight is 508 g/mol. The van der Waals surface area contributed by atoms with E-state index in [9.17, 15) is 10.2 Å². The summed E-state index contributed by atoms with van der Waals surface area (Å²) in [6.45, 7) is 2.91. The van der Waals surface area contributed by atoms with Crippen LogP contribution in [0.2, 0.25) is 0 Å². The molecule has 0 aliphatic carbocycles. The van der Waals surface area contributed by atoms with Crippen molar-refractivity contribution >= 4 is 45.8 Å². The molecule has 4 atom stereocenters. The van der Waals surface area contributed by atoms with Crippen LogP contribution in [0.1, 0.15) is 24.5 Å². The van der Waals surface area contributed by atoms with Crippen molar-refractivity contribution < 1.29 is 14.9 Å². The second-order valence-corrected chi connectivity index (χ2v) is 8.47. The van der Waals surface area contributed by atoms with Crippen LogP contribution >= 0.6 is 22.6 Å². The van der Waals surface area contributed by atoms with Gasteiger partial charge in [-0.2, -0.15) is 0 Å². The van der Waals surface area contributed by atoms with Gasteiger partial charge in [0.25, 0.3) is 0 Å². The van der Waals surface area contributed by atoms with E-state index in [1.165, 1.54) is 0 Å². The Morgan fingerprint density at radius 2 is 2.14 bits per heavy atom. The lowest BCUT2D eigenvalue weighted by Gasteiger charge is -2.25. The fourth-order valence-corrected chi connectivity index (χ4v) is 4.48. The summed E-state index contributed by atoms with van der Waals surface area (Å²) in [7, 11) is 0. The molecule has 0 bridgehead atoms. The number of aliphatic imine (C=N–C) groups is 1. The van der Waals surface area contributed by atoms with Gasteiger partial charge in [0.05, 0.1) is 30.2 Å². The summed E-state index contributed by atoms with van der Waals surface area (Å²) in [5.41, 5.74) is 6.32. The van der Waals surface area contributed by atoms with E-state index in [2.05, 4.69) is 43.0 Å². The fourth-order valence-electron chi connectivity index (χ4n) is 3.76. The first-order valence-electron chi connectivity index (χ1n) is 9.40. The predicted molar refractivity (Wildman–Crippen MR) is 115 cm³/mol. The molecule has 5 rings (SSSR count). The molecule has 1 fully saturated rings. The van der Waals surface area contributed by atoms with E-state index >= 15 is 0 Å². The molecule has 0 saturated carbocycles. The Kier molecular flexibility index (Phi) is 4.82. The molecule has 3 aromatic rings. The fraction of sp³-hybridized carbons (Fsp3) is 0.368. The second kappa shape index (κ2) is 7.36. The predicted octanol–water partition coefficient (Wildman–Crippen LogP) is 1.79. The third-order valence-corrected chi connectivity index (χ3v) is 6.27. The Labute approximate surface area is 180 Å². The summed E-state index contributed by atoms with van der Waals surface area (Å²) < 4.78 is 8.59. The van der Waals surface area contributed by atoms with Crippen molar-refractivity contribution in [3.63, 3.8) is 0 Å². The number of benzene rings is 1. The summed E-state index contributed by atoms with van der Waals surface area (Å²) in [6, 6.07) is 7.93. The van der Waals surface area contributed by atoms with Gasteiger partial charge >= 0.3 is 0 Å². The first-order valence-corrected chi connectivity index (χ1v) is 10.5. The number of nitrogens with zero attached hydrogens (tertiary/aromatic N) is 4. The highest BCUT2D eigenvalue weighted by atomic mass is 127. The SMILES string of the molecule is C[C@H]1O[C@@H](n2cc(I)c3c2N=CN(NCc2nc4ccccc4[nH]2)C3)[C@H](O)[C@@H]1O. The summed E-state index contributed by atoms with van der Waals surface area (Å²) in [6.07, 6.45) is 0.648. The van der Waals surface area contributed by atoms with E-state index < -0.39 is 24.5 Å². The van der Waals surface area contributed by atoms with E-state index in [1.807, 2.05) is 40.0 Å². The maximum Gasteiger partial charge on any atom is 0.164 e. The number of para-hydroxylation sites is 2. The molecule has 152 valence electrons. The normalized spacial score (nSPS) is 26.4. The lowest BCUT2D eigenvalue weighted by molar-refractivity contribution is -0.0309. The third-order valence-electron chi connectivity index (χ3n) is 5.34. The summed E-state index contributed by atoms with van der Waals surface area (Å²) >= 11 is 2.26. The van der Waals surface area contributed by atoms with Gasteiger partial charge in [-0.25, -0.2) is 15.4 Å². The molecule has 10 heteroatoms. The molecule has 0 spiro atoms. The zero-order valence-corrected chi connectivity index (χ0v) is 17.8. The van der Waals surface area contributed by atoms with Crippen molar-refractivity contribution in [3.05, 3.63) is 45.4 Å². The molecule has 1 saturated heterocycles. The summed E-state index contributed by atoms with van der Waals surface area (Å²) in [5.74, 6) is 1.59. The Bertz CT molecular complexity index is 1050. The number of rotatable bonds is 4. The van der Waals surface area contributed by atoms with Crippen LogP contribution in [0.25, 0.3) is 11.0 Å². The Morgan fingerprint density at radius 3 is 2.90 bits per heavy atom. The smallest absolute Gasteiger partial charge is 0.164 e. The number of aromatic nitrogens is 3. The average Bonchev–Trinajstić information content (AvgIpc) is 3.36. The third kappa shape index (κ3) is 3.34. The zero-order chi connectivity index (χ0) is 20.1. The highest BCUT2D eigenvalue weighted by Gasteiger charge is 2.42. The molecular weight excluding hydrogens is 487 g/mol. The van der Waals surface area contributed by atoms with Gasteiger partial charge in [0.2, 0.25) is 0 Å². The maximum absolute atomic E-state index is 10.3. The van der Waals surface area contributed by atoms with Gasteiger partial charge in [-0.3, -0.25) is 5.01 Å². The lowest BCUT2D eigenvalue weighted by Crippen LogP contribution is -2.37. The molecule has 2 aliphatic heterocycles. The standard InChI is InChI=1S/C19H21IN6O3/c1-10-16(27)17(28)19(29-10)26-8-12(20)11-7-25(9-21-18(11)26)22-6-15-23-13-4-2-3-5-14(13)24-15/h2-5,8-10,16-17,19,22,27-28H,6-7H2,1H3,(H,23,24)/t10-,16-,17-,19-/m1/s1. The Balaban J connectivity index is 1.31. The molecule has 2 aliphatic rings. The molecule has 0 radical (unpaired) electrons. The first-order chi connectivity index (χ1) is 14.0. The number of aliphatic hydroxyl groups is 2. The van der Waals surface area contributed by atoms with Crippen LogP contribution in [-0.4, -0.2) is 54.4 Å². The van der Waals surface area contributed by atoms with Gasteiger partial charge in [-0.05, 0) is 41.6 Å². The van der Waals surface area contributed by atoms with E-state index in [4.69, 9.17) is 4.74 Å². The number of hydrogen-bond acceptors (Lipinski definition) is 7. The number of aliphatic hydroxyl groups excluding tert-OH is 2. The van der Waals surface area contributed by atoms with Crippen molar-refractivity contribution in [2.75, 3.05) is 0 Å². The van der Waals surface area contributed by atoms with Crippen molar-refractivity contribution in [3.8, 4) is 0 Å². The van der Waals surface area contributed by atoms with Gasteiger partial charge in [-0.15, -0.1) is 0 Å². The van der Waals surface area contributed by atoms with Crippen molar-refractivity contribution in [2.24, 2.45) is 4.99 Å². The second-order valence-electron chi connectivity index (χ2n) is 7.31. The number of ether oxygens (including phenoxy) is 1. The van der Waals surface area contributed by atoms with E-state index in [1.54, 1.807) is 13.3 Å². The number of fused-ring (bicyclic) bond motifs is 2. The quantitative estimate of drug-likeness (QED) is 0.400. The minimum atomic E-state index is -0.989.